The van der Waals surface area contributed by atoms with Crippen molar-refractivity contribution in [2.75, 3.05) is 5.73 Å². The SMILES string of the molecule is CC(C)n1c(N)nnc1S[C@@H](C)c1cccc([N+](=O)[O-])c1. The first kappa shape index (κ1) is 15.3. The van der Waals surface area contributed by atoms with E-state index in [0.29, 0.717) is 11.1 Å². The minimum absolute atomic E-state index is 0.00556. The van der Waals surface area contributed by atoms with E-state index in [1.807, 2.05) is 31.4 Å². The van der Waals surface area contributed by atoms with Crippen molar-refractivity contribution >= 4 is 23.4 Å². The minimum atomic E-state index is -0.393. The van der Waals surface area contributed by atoms with E-state index in [-0.39, 0.29) is 17.0 Å². The highest BCUT2D eigenvalue weighted by atomic mass is 32.2. The number of aromatic nitrogens is 3. The molecule has 0 unspecified atom stereocenters. The third-order valence-electron chi connectivity index (χ3n) is 3.04. The number of nitrogens with zero attached hydrogens (tertiary/aromatic N) is 4. The number of anilines is 1. The van der Waals surface area contributed by atoms with Gasteiger partial charge < -0.3 is 5.73 Å². The molecule has 0 spiro atoms. The molecule has 1 aromatic carbocycles. The van der Waals surface area contributed by atoms with Gasteiger partial charge >= 0.3 is 0 Å². The minimum Gasteiger partial charge on any atom is -0.368 e. The van der Waals surface area contributed by atoms with Crippen LogP contribution in [0, 0.1) is 10.1 Å². The lowest BCUT2D eigenvalue weighted by Gasteiger charge is -2.14. The lowest BCUT2D eigenvalue weighted by atomic mass is 10.1. The van der Waals surface area contributed by atoms with Crippen molar-refractivity contribution in [2.24, 2.45) is 0 Å². The van der Waals surface area contributed by atoms with Crippen molar-refractivity contribution in [3.63, 3.8) is 0 Å². The van der Waals surface area contributed by atoms with Gasteiger partial charge in [0.15, 0.2) is 5.16 Å². The lowest BCUT2D eigenvalue weighted by molar-refractivity contribution is -0.384. The predicted octanol–water partition coefficient (Wildman–Crippen LogP) is 3.20. The Labute approximate surface area is 126 Å². The van der Waals surface area contributed by atoms with Crippen molar-refractivity contribution in [1.29, 1.82) is 0 Å². The maximum Gasteiger partial charge on any atom is 0.269 e. The molecule has 0 saturated heterocycles. The molecule has 1 heterocycles. The fraction of sp³-hybridized carbons (Fsp3) is 0.385. The van der Waals surface area contributed by atoms with Gasteiger partial charge in [-0.05, 0) is 26.3 Å². The van der Waals surface area contributed by atoms with Gasteiger partial charge in [-0.1, -0.05) is 23.9 Å². The smallest absolute Gasteiger partial charge is 0.269 e. The number of rotatable bonds is 5. The Hall–Kier alpha value is -2.09. The number of hydrogen-bond acceptors (Lipinski definition) is 6. The van der Waals surface area contributed by atoms with Crippen LogP contribution in [-0.4, -0.2) is 19.7 Å². The third-order valence-corrected chi connectivity index (χ3v) is 4.15. The molecule has 2 aromatic rings. The Morgan fingerprint density at radius 3 is 2.67 bits per heavy atom. The van der Waals surface area contributed by atoms with E-state index in [2.05, 4.69) is 10.2 Å². The Bertz CT molecular complexity index is 656. The molecule has 112 valence electrons. The van der Waals surface area contributed by atoms with Gasteiger partial charge in [-0.25, -0.2) is 0 Å². The van der Waals surface area contributed by atoms with Crippen LogP contribution in [-0.2, 0) is 0 Å². The highest BCUT2D eigenvalue weighted by Gasteiger charge is 2.18. The molecule has 1 aromatic heterocycles. The molecule has 1 atom stereocenters. The topological polar surface area (TPSA) is 99.9 Å². The van der Waals surface area contributed by atoms with Crippen molar-refractivity contribution in [1.82, 2.24) is 14.8 Å². The van der Waals surface area contributed by atoms with Crippen molar-refractivity contribution < 1.29 is 4.92 Å². The summed E-state index contributed by atoms with van der Waals surface area (Å²) in [6, 6.07) is 6.77. The van der Waals surface area contributed by atoms with Gasteiger partial charge in [0.1, 0.15) is 0 Å². The van der Waals surface area contributed by atoms with E-state index in [0.717, 1.165) is 5.56 Å². The van der Waals surface area contributed by atoms with E-state index in [1.165, 1.54) is 17.8 Å². The summed E-state index contributed by atoms with van der Waals surface area (Å²) in [5.74, 6) is 0.374. The molecule has 21 heavy (non-hydrogen) atoms. The molecule has 0 saturated carbocycles. The van der Waals surface area contributed by atoms with E-state index < -0.39 is 4.92 Å². The quantitative estimate of drug-likeness (QED) is 0.517. The Morgan fingerprint density at radius 2 is 2.05 bits per heavy atom. The second-order valence-electron chi connectivity index (χ2n) is 4.92. The van der Waals surface area contributed by atoms with Crippen LogP contribution < -0.4 is 5.73 Å². The normalized spacial score (nSPS) is 12.6. The van der Waals surface area contributed by atoms with Crippen LogP contribution >= 0.6 is 11.8 Å². The van der Waals surface area contributed by atoms with Crippen LogP contribution in [0.5, 0.6) is 0 Å². The Balaban J connectivity index is 2.24. The van der Waals surface area contributed by atoms with Crippen LogP contribution in [0.25, 0.3) is 0 Å². The maximum absolute atomic E-state index is 10.8. The summed E-state index contributed by atoms with van der Waals surface area (Å²) < 4.78 is 1.85. The van der Waals surface area contributed by atoms with Crippen molar-refractivity contribution in [3.05, 3.63) is 39.9 Å². The molecule has 7 nitrogen and oxygen atoms in total. The highest BCUT2D eigenvalue weighted by Crippen LogP contribution is 2.36. The summed E-state index contributed by atoms with van der Waals surface area (Å²) in [6.45, 7) is 5.98. The standard InChI is InChI=1S/C13H17N5O2S/c1-8(2)17-12(14)15-16-13(17)21-9(3)10-5-4-6-11(7-10)18(19)20/h4-9H,1-3H3,(H2,14,15)/t9-/m0/s1. The predicted molar refractivity (Wildman–Crippen MR) is 82.2 cm³/mol. The Morgan fingerprint density at radius 1 is 1.33 bits per heavy atom. The number of hydrogen-bond donors (Lipinski definition) is 1. The summed E-state index contributed by atoms with van der Waals surface area (Å²) >= 11 is 1.48. The first-order valence-corrected chi connectivity index (χ1v) is 7.39. The first-order valence-electron chi connectivity index (χ1n) is 6.51. The number of benzene rings is 1. The molecular weight excluding hydrogens is 290 g/mol. The zero-order valence-corrected chi connectivity index (χ0v) is 12.9. The number of thioether (sulfide) groups is 1. The fourth-order valence-electron chi connectivity index (χ4n) is 1.97. The first-order chi connectivity index (χ1) is 9.90. The summed E-state index contributed by atoms with van der Waals surface area (Å²) in [5, 5.41) is 19.5. The molecule has 0 amide bonds. The second-order valence-corrected chi connectivity index (χ2v) is 6.22. The summed E-state index contributed by atoms with van der Waals surface area (Å²) in [7, 11) is 0. The molecule has 0 radical (unpaired) electrons. The number of nitro benzene ring substituents is 1. The molecule has 0 fully saturated rings. The van der Waals surface area contributed by atoms with Gasteiger partial charge in [0, 0.05) is 23.4 Å². The highest BCUT2D eigenvalue weighted by molar-refractivity contribution is 7.99. The van der Waals surface area contributed by atoms with E-state index in [4.69, 9.17) is 5.73 Å². The average Bonchev–Trinajstić information content (AvgIpc) is 2.79. The summed E-state index contributed by atoms with van der Waals surface area (Å²) in [6.07, 6.45) is 0. The van der Waals surface area contributed by atoms with Gasteiger partial charge in [0.25, 0.3) is 5.69 Å². The number of nitro groups is 1. The van der Waals surface area contributed by atoms with E-state index in [1.54, 1.807) is 12.1 Å². The van der Waals surface area contributed by atoms with Gasteiger partial charge in [-0.15, -0.1) is 10.2 Å². The van der Waals surface area contributed by atoms with Gasteiger partial charge in [0.2, 0.25) is 5.95 Å². The number of nitrogens with two attached hydrogens (primary N) is 1. The van der Waals surface area contributed by atoms with Crippen molar-refractivity contribution in [3.8, 4) is 0 Å². The van der Waals surface area contributed by atoms with Gasteiger partial charge in [0.05, 0.1) is 4.92 Å². The zero-order valence-electron chi connectivity index (χ0n) is 12.1. The molecule has 0 bridgehead atoms. The monoisotopic (exact) mass is 307 g/mol. The third kappa shape index (κ3) is 3.33. The fourth-order valence-corrected chi connectivity index (χ4v) is 3.08. The number of non-ortho nitro benzene ring substituents is 1. The maximum atomic E-state index is 10.8. The summed E-state index contributed by atoms with van der Waals surface area (Å²) in [5.41, 5.74) is 6.76. The molecule has 2 rings (SSSR count). The molecule has 0 aliphatic rings. The molecular formula is C13H17N5O2S. The summed E-state index contributed by atoms with van der Waals surface area (Å²) in [4.78, 5) is 10.4. The van der Waals surface area contributed by atoms with E-state index in [9.17, 15) is 10.1 Å². The zero-order chi connectivity index (χ0) is 15.6. The van der Waals surface area contributed by atoms with Crippen LogP contribution in [0.1, 0.15) is 37.6 Å². The molecule has 8 heteroatoms. The molecule has 0 aliphatic carbocycles. The largest absolute Gasteiger partial charge is 0.368 e. The molecule has 0 aliphatic heterocycles. The van der Waals surface area contributed by atoms with Crippen LogP contribution in [0.3, 0.4) is 0 Å². The van der Waals surface area contributed by atoms with Crippen LogP contribution in [0.2, 0.25) is 0 Å². The average molecular weight is 307 g/mol. The Kier molecular flexibility index (Phi) is 4.46. The lowest BCUT2D eigenvalue weighted by Crippen LogP contribution is -2.07. The van der Waals surface area contributed by atoms with Gasteiger partial charge in [-0.3, -0.25) is 14.7 Å². The van der Waals surface area contributed by atoms with Gasteiger partial charge in [-0.2, -0.15) is 0 Å². The van der Waals surface area contributed by atoms with Crippen LogP contribution in [0.4, 0.5) is 11.6 Å². The van der Waals surface area contributed by atoms with Crippen LogP contribution in [0.15, 0.2) is 29.4 Å². The second kappa shape index (κ2) is 6.13. The van der Waals surface area contributed by atoms with Crippen molar-refractivity contribution in [2.45, 2.75) is 37.2 Å². The van der Waals surface area contributed by atoms with E-state index >= 15 is 0 Å². The molecule has 2 N–H and O–H groups in total. The number of nitrogen functional groups attached to an aromatic ring is 1.